The van der Waals surface area contributed by atoms with Crippen molar-refractivity contribution in [2.75, 3.05) is 37.6 Å². The molecule has 4 rings (SSSR count). The summed E-state index contributed by atoms with van der Waals surface area (Å²) in [7, 11) is 0. The SMILES string of the molecule is Cc1nnc(N2CCN(C(=O)CN3C(=O)c4ccc(Br)cc4C3=O)CC2)s1. The second-order valence-corrected chi connectivity index (χ2v) is 8.43. The Labute approximate surface area is 167 Å². The normalized spacial score (nSPS) is 16.9. The zero-order valence-corrected chi connectivity index (χ0v) is 16.9. The molecule has 0 saturated carbocycles. The van der Waals surface area contributed by atoms with Crippen LogP contribution in [-0.2, 0) is 4.79 Å². The first kappa shape index (κ1) is 18.1. The number of amides is 3. The van der Waals surface area contributed by atoms with Gasteiger partial charge in [-0.25, -0.2) is 0 Å². The van der Waals surface area contributed by atoms with Crippen molar-refractivity contribution in [3.8, 4) is 0 Å². The predicted molar refractivity (Wildman–Crippen MR) is 103 cm³/mol. The lowest BCUT2D eigenvalue weighted by molar-refractivity contribution is -0.131. The van der Waals surface area contributed by atoms with E-state index in [0.29, 0.717) is 37.3 Å². The quantitative estimate of drug-likeness (QED) is 0.660. The number of aromatic nitrogens is 2. The molecule has 2 aromatic rings. The van der Waals surface area contributed by atoms with E-state index in [1.165, 1.54) is 11.3 Å². The zero-order valence-electron chi connectivity index (χ0n) is 14.5. The summed E-state index contributed by atoms with van der Waals surface area (Å²) in [5.41, 5.74) is 0.672. The first-order chi connectivity index (χ1) is 12.9. The Morgan fingerprint density at radius 2 is 1.81 bits per heavy atom. The maximum atomic E-state index is 12.6. The number of aryl methyl sites for hydroxylation is 1. The number of fused-ring (bicyclic) bond motifs is 1. The number of carbonyl (C=O) groups is 3. The van der Waals surface area contributed by atoms with E-state index < -0.39 is 11.8 Å². The molecule has 0 N–H and O–H groups in total. The molecule has 3 amide bonds. The van der Waals surface area contributed by atoms with Gasteiger partial charge in [0.25, 0.3) is 11.8 Å². The first-order valence-corrected chi connectivity index (χ1v) is 10.0. The Hall–Kier alpha value is -2.33. The molecule has 0 bridgehead atoms. The molecule has 0 spiro atoms. The fraction of sp³-hybridized carbons (Fsp3) is 0.353. The number of hydrogen-bond acceptors (Lipinski definition) is 7. The summed E-state index contributed by atoms with van der Waals surface area (Å²) in [5, 5.41) is 9.91. The molecule has 0 radical (unpaired) electrons. The summed E-state index contributed by atoms with van der Waals surface area (Å²) in [6.45, 7) is 4.01. The summed E-state index contributed by atoms with van der Waals surface area (Å²) < 4.78 is 0.721. The highest BCUT2D eigenvalue weighted by Gasteiger charge is 2.37. The summed E-state index contributed by atoms with van der Waals surface area (Å²) in [6.07, 6.45) is 0. The highest BCUT2D eigenvalue weighted by molar-refractivity contribution is 9.10. The van der Waals surface area contributed by atoms with Gasteiger partial charge in [-0.3, -0.25) is 19.3 Å². The van der Waals surface area contributed by atoms with Gasteiger partial charge in [0.2, 0.25) is 11.0 Å². The molecule has 1 aromatic heterocycles. The van der Waals surface area contributed by atoms with Gasteiger partial charge in [0, 0.05) is 30.7 Å². The molecule has 3 heterocycles. The largest absolute Gasteiger partial charge is 0.343 e. The number of benzene rings is 1. The predicted octanol–water partition coefficient (Wildman–Crippen LogP) is 1.55. The monoisotopic (exact) mass is 449 g/mol. The van der Waals surface area contributed by atoms with Crippen LogP contribution >= 0.6 is 27.3 Å². The minimum atomic E-state index is -0.423. The van der Waals surface area contributed by atoms with E-state index in [-0.39, 0.29) is 12.5 Å². The van der Waals surface area contributed by atoms with Crippen LogP contribution in [0.2, 0.25) is 0 Å². The molecule has 0 aliphatic carbocycles. The summed E-state index contributed by atoms with van der Waals surface area (Å²) in [4.78, 5) is 42.4. The van der Waals surface area contributed by atoms with Crippen LogP contribution in [0.5, 0.6) is 0 Å². The fourth-order valence-electron chi connectivity index (χ4n) is 3.20. The second-order valence-electron chi connectivity index (χ2n) is 6.36. The van der Waals surface area contributed by atoms with Crippen LogP contribution in [0, 0.1) is 6.92 Å². The number of halogens is 1. The van der Waals surface area contributed by atoms with Crippen molar-refractivity contribution in [3.05, 3.63) is 38.8 Å². The third-order valence-corrected chi connectivity index (χ3v) is 6.04. The molecule has 1 fully saturated rings. The van der Waals surface area contributed by atoms with Crippen molar-refractivity contribution in [2.45, 2.75) is 6.92 Å². The van der Waals surface area contributed by atoms with Gasteiger partial charge in [-0.05, 0) is 25.1 Å². The molecule has 1 aromatic carbocycles. The van der Waals surface area contributed by atoms with Crippen LogP contribution in [0.3, 0.4) is 0 Å². The third-order valence-electron chi connectivity index (χ3n) is 4.64. The molecular weight excluding hydrogens is 434 g/mol. The Bertz CT molecular complexity index is 938. The molecule has 0 unspecified atom stereocenters. The molecule has 0 atom stereocenters. The number of imide groups is 1. The van der Waals surface area contributed by atoms with E-state index in [2.05, 4.69) is 31.0 Å². The van der Waals surface area contributed by atoms with Gasteiger partial charge in [0.05, 0.1) is 11.1 Å². The molecule has 10 heteroatoms. The maximum Gasteiger partial charge on any atom is 0.262 e. The van der Waals surface area contributed by atoms with Crippen LogP contribution < -0.4 is 4.90 Å². The molecule has 1 saturated heterocycles. The molecule has 2 aliphatic heterocycles. The average molecular weight is 450 g/mol. The minimum absolute atomic E-state index is 0.225. The lowest BCUT2D eigenvalue weighted by atomic mass is 10.1. The lowest BCUT2D eigenvalue weighted by Gasteiger charge is -2.34. The lowest BCUT2D eigenvalue weighted by Crippen LogP contribution is -2.51. The van der Waals surface area contributed by atoms with E-state index in [1.54, 1.807) is 23.1 Å². The Kier molecular flexibility index (Phi) is 4.68. The van der Waals surface area contributed by atoms with Crippen LogP contribution in [0.4, 0.5) is 5.13 Å². The van der Waals surface area contributed by atoms with Gasteiger partial charge >= 0.3 is 0 Å². The van der Waals surface area contributed by atoms with Crippen molar-refractivity contribution in [1.82, 2.24) is 20.0 Å². The molecule has 27 heavy (non-hydrogen) atoms. The van der Waals surface area contributed by atoms with Crippen molar-refractivity contribution in [1.29, 1.82) is 0 Å². The van der Waals surface area contributed by atoms with Crippen LogP contribution in [-0.4, -0.2) is 70.4 Å². The smallest absolute Gasteiger partial charge is 0.262 e. The molecule has 8 nitrogen and oxygen atoms in total. The minimum Gasteiger partial charge on any atom is -0.343 e. The summed E-state index contributed by atoms with van der Waals surface area (Å²) >= 11 is 4.83. The van der Waals surface area contributed by atoms with Crippen molar-refractivity contribution >= 4 is 50.1 Å². The van der Waals surface area contributed by atoms with Gasteiger partial charge in [0.15, 0.2) is 0 Å². The molecule has 2 aliphatic rings. The van der Waals surface area contributed by atoms with Crippen molar-refractivity contribution in [2.24, 2.45) is 0 Å². The number of hydrogen-bond donors (Lipinski definition) is 0. The van der Waals surface area contributed by atoms with Gasteiger partial charge in [-0.2, -0.15) is 0 Å². The highest BCUT2D eigenvalue weighted by Crippen LogP contribution is 2.26. The zero-order chi connectivity index (χ0) is 19.1. The van der Waals surface area contributed by atoms with E-state index >= 15 is 0 Å². The topological polar surface area (TPSA) is 86.7 Å². The maximum absolute atomic E-state index is 12.6. The molecular formula is C17H16BrN5O3S. The van der Waals surface area contributed by atoms with Crippen molar-refractivity contribution in [3.63, 3.8) is 0 Å². The summed E-state index contributed by atoms with van der Waals surface area (Å²) in [6, 6.07) is 4.93. The Morgan fingerprint density at radius 1 is 1.11 bits per heavy atom. The van der Waals surface area contributed by atoms with Crippen LogP contribution in [0.25, 0.3) is 0 Å². The van der Waals surface area contributed by atoms with Gasteiger partial charge in [0.1, 0.15) is 11.6 Å². The highest BCUT2D eigenvalue weighted by atomic mass is 79.9. The van der Waals surface area contributed by atoms with E-state index in [4.69, 9.17) is 0 Å². The Balaban J connectivity index is 1.39. The number of piperazine rings is 1. The third kappa shape index (κ3) is 3.34. The number of anilines is 1. The van der Waals surface area contributed by atoms with E-state index in [0.717, 1.165) is 19.5 Å². The van der Waals surface area contributed by atoms with Crippen molar-refractivity contribution < 1.29 is 14.4 Å². The van der Waals surface area contributed by atoms with Gasteiger partial charge in [-0.15, -0.1) is 10.2 Å². The first-order valence-electron chi connectivity index (χ1n) is 8.42. The van der Waals surface area contributed by atoms with E-state index in [9.17, 15) is 14.4 Å². The number of nitrogens with zero attached hydrogens (tertiary/aromatic N) is 5. The number of rotatable bonds is 3. The average Bonchev–Trinajstić information content (AvgIpc) is 3.19. The second kappa shape index (κ2) is 7.01. The Morgan fingerprint density at radius 3 is 2.48 bits per heavy atom. The summed E-state index contributed by atoms with van der Waals surface area (Å²) in [5.74, 6) is -1.07. The number of carbonyl (C=O) groups excluding carboxylic acids is 3. The van der Waals surface area contributed by atoms with Gasteiger partial charge < -0.3 is 9.80 Å². The van der Waals surface area contributed by atoms with Crippen LogP contribution in [0.1, 0.15) is 25.7 Å². The standard InChI is InChI=1S/C17H16BrN5O3S/c1-10-19-20-17(27-10)22-6-4-21(5-7-22)14(24)9-23-15(25)12-3-2-11(18)8-13(12)16(23)26/h2-3,8H,4-7,9H2,1H3. The fourth-order valence-corrected chi connectivity index (χ4v) is 4.30. The van der Waals surface area contributed by atoms with Gasteiger partial charge in [-0.1, -0.05) is 27.3 Å². The van der Waals surface area contributed by atoms with Crippen LogP contribution in [0.15, 0.2) is 22.7 Å². The molecule has 140 valence electrons. The van der Waals surface area contributed by atoms with E-state index in [1.807, 2.05) is 6.92 Å².